The van der Waals surface area contributed by atoms with Gasteiger partial charge in [-0.2, -0.15) is 14.9 Å². The second kappa shape index (κ2) is 8.52. The summed E-state index contributed by atoms with van der Waals surface area (Å²) in [6.07, 6.45) is 1.66. The molecule has 2 aromatic heterocycles. The molecule has 0 bridgehead atoms. The number of morpholine rings is 1. The summed E-state index contributed by atoms with van der Waals surface area (Å²) >= 11 is 8.99. The van der Waals surface area contributed by atoms with Gasteiger partial charge in [-0.15, -0.1) is 0 Å². The summed E-state index contributed by atoms with van der Waals surface area (Å²) in [7, 11) is 0. The summed E-state index contributed by atoms with van der Waals surface area (Å²) in [5.74, 6) is 2.17. The summed E-state index contributed by atoms with van der Waals surface area (Å²) in [4.78, 5) is 2.26. The van der Waals surface area contributed by atoms with Crippen LogP contribution < -0.4 is 0 Å². The summed E-state index contributed by atoms with van der Waals surface area (Å²) in [6, 6.07) is 11.8. The van der Waals surface area contributed by atoms with Gasteiger partial charge >= 0.3 is 0 Å². The van der Waals surface area contributed by atoms with Gasteiger partial charge < -0.3 is 9.15 Å². The molecule has 1 aliphatic rings. The number of benzene rings is 1. The maximum atomic E-state index is 5.88. The van der Waals surface area contributed by atoms with Crippen LogP contribution >= 0.6 is 28.1 Å². The first-order valence-electron chi connectivity index (χ1n) is 8.97. The van der Waals surface area contributed by atoms with Gasteiger partial charge in [0.15, 0.2) is 5.82 Å². The Balaban J connectivity index is 1.50. The Hall–Kier alpha value is -2.07. The van der Waals surface area contributed by atoms with E-state index < -0.39 is 0 Å². The lowest BCUT2D eigenvalue weighted by atomic mass is 10.2. The molecule has 4 rings (SSSR count). The molecule has 0 spiro atoms. The van der Waals surface area contributed by atoms with Gasteiger partial charge in [-0.3, -0.25) is 4.90 Å². The van der Waals surface area contributed by atoms with Crippen LogP contribution in [0.3, 0.4) is 0 Å². The molecule has 0 unspecified atom stereocenters. The van der Waals surface area contributed by atoms with Crippen LogP contribution in [-0.2, 0) is 11.4 Å². The van der Waals surface area contributed by atoms with E-state index in [-0.39, 0.29) is 0 Å². The van der Waals surface area contributed by atoms with Gasteiger partial charge in [-0.25, -0.2) is 4.68 Å². The van der Waals surface area contributed by atoms with Crippen molar-refractivity contribution in [2.45, 2.75) is 13.6 Å². The van der Waals surface area contributed by atoms with Gasteiger partial charge in [0.05, 0.1) is 26.1 Å². The highest BCUT2D eigenvalue weighted by molar-refractivity contribution is 9.10. The molecule has 28 heavy (non-hydrogen) atoms. The Labute approximate surface area is 176 Å². The average Bonchev–Trinajstić information content (AvgIpc) is 3.27. The molecule has 1 aliphatic heterocycles. The number of ether oxygens (including phenoxy) is 1. The number of aryl methyl sites for hydroxylation is 1. The topological polar surface area (TPSA) is 60.7 Å². The van der Waals surface area contributed by atoms with Gasteiger partial charge in [-0.05, 0) is 43.4 Å². The summed E-state index contributed by atoms with van der Waals surface area (Å²) in [5, 5.41) is 8.99. The fourth-order valence-electron chi connectivity index (χ4n) is 2.97. The van der Waals surface area contributed by atoms with Crippen molar-refractivity contribution in [2.24, 2.45) is 5.10 Å². The van der Waals surface area contributed by atoms with Crippen LogP contribution in [0, 0.1) is 11.7 Å². The first-order chi connectivity index (χ1) is 13.6. The lowest BCUT2D eigenvalue weighted by molar-refractivity contribution is 0.0209. The lowest BCUT2D eigenvalue weighted by Gasteiger charge is -2.25. The van der Waals surface area contributed by atoms with E-state index in [9.17, 15) is 0 Å². The van der Waals surface area contributed by atoms with E-state index in [0.717, 1.165) is 47.9 Å². The zero-order valence-corrected chi connectivity index (χ0v) is 17.8. The zero-order chi connectivity index (χ0) is 19.5. The van der Waals surface area contributed by atoms with E-state index in [1.165, 1.54) is 0 Å². The van der Waals surface area contributed by atoms with Gasteiger partial charge in [0.2, 0.25) is 4.77 Å². The summed E-state index contributed by atoms with van der Waals surface area (Å²) in [6.45, 7) is 5.76. The summed E-state index contributed by atoms with van der Waals surface area (Å²) in [5.41, 5.74) is 1.01. The monoisotopic (exact) mass is 461 g/mol. The van der Waals surface area contributed by atoms with Crippen LogP contribution in [0.2, 0.25) is 0 Å². The fourth-order valence-corrected chi connectivity index (χ4v) is 3.51. The van der Waals surface area contributed by atoms with Crippen molar-refractivity contribution in [1.82, 2.24) is 19.4 Å². The Morgan fingerprint density at radius 3 is 2.68 bits per heavy atom. The normalized spacial score (nSPS) is 15.5. The zero-order valence-electron chi connectivity index (χ0n) is 15.4. The average molecular weight is 462 g/mol. The first kappa shape index (κ1) is 19.3. The predicted molar refractivity (Wildman–Crippen MR) is 113 cm³/mol. The molecule has 0 radical (unpaired) electrons. The van der Waals surface area contributed by atoms with Gasteiger partial charge in [0.1, 0.15) is 11.5 Å². The van der Waals surface area contributed by atoms with Crippen molar-refractivity contribution in [2.75, 3.05) is 26.3 Å². The molecule has 0 atom stereocenters. The Bertz CT molecular complexity index is 1030. The third-order valence-corrected chi connectivity index (χ3v) is 5.38. The van der Waals surface area contributed by atoms with E-state index >= 15 is 0 Å². The van der Waals surface area contributed by atoms with Crippen molar-refractivity contribution >= 4 is 34.4 Å². The first-order valence-corrected chi connectivity index (χ1v) is 10.2. The Morgan fingerprint density at radius 2 is 1.93 bits per heavy atom. The highest BCUT2D eigenvalue weighted by Crippen LogP contribution is 2.23. The third-order valence-electron chi connectivity index (χ3n) is 4.47. The van der Waals surface area contributed by atoms with Gasteiger partial charge in [0, 0.05) is 23.1 Å². The molecule has 146 valence electrons. The lowest BCUT2D eigenvalue weighted by Crippen LogP contribution is -2.37. The molecule has 0 saturated carbocycles. The quantitative estimate of drug-likeness (QED) is 0.425. The van der Waals surface area contributed by atoms with Crippen molar-refractivity contribution in [3.63, 3.8) is 0 Å². The molecule has 1 saturated heterocycles. The molecule has 1 fully saturated rings. The van der Waals surface area contributed by atoms with Gasteiger partial charge in [-0.1, -0.05) is 28.1 Å². The number of furan rings is 1. The molecule has 0 amide bonds. The van der Waals surface area contributed by atoms with Crippen molar-refractivity contribution in [1.29, 1.82) is 0 Å². The molecule has 1 aromatic carbocycles. The smallest absolute Gasteiger partial charge is 0.220 e. The largest absolute Gasteiger partial charge is 0.455 e. The minimum atomic E-state index is 0.555. The molecular weight excluding hydrogens is 442 g/mol. The van der Waals surface area contributed by atoms with Crippen LogP contribution in [0.4, 0.5) is 0 Å². The minimum absolute atomic E-state index is 0.555. The second-order valence-corrected chi connectivity index (χ2v) is 7.75. The molecule has 0 aliphatic carbocycles. The molecule has 9 heteroatoms. The number of hydrogen-bond donors (Lipinski definition) is 0. The van der Waals surface area contributed by atoms with Crippen molar-refractivity contribution < 1.29 is 9.15 Å². The van der Waals surface area contributed by atoms with Crippen LogP contribution in [0.25, 0.3) is 11.3 Å². The maximum Gasteiger partial charge on any atom is 0.220 e. The SMILES string of the molecule is Cc1nn(CN2CCOCC2)c(=S)n1/N=C/c1ccc(-c2ccc(Br)cc2)o1. The molecule has 3 heterocycles. The van der Waals surface area contributed by atoms with E-state index in [1.54, 1.807) is 15.6 Å². The predicted octanol–water partition coefficient (Wildman–Crippen LogP) is 3.92. The van der Waals surface area contributed by atoms with Crippen LogP contribution in [0.5, 0.6) is 0 Å². The summed E-state index contributed by atoms with van der Waals surface area (Å²) < 4.78 is 16.3. The fraction of sp³-hybridized carbons (Fsp3) is 0.316. The van der Waals surface area contributed by atoms with Crippen molar-refractivity contribution in [3.8, 4) is 11.3 Å². The Morgan fingerprint density at radius 1 is 1.18 bits per heavy atom. The third kappa shape index (κ3) is 4.33. The van der Waals surface area contributed by atoms with E-state index in [4.69, 9.17) is 21.4 Å². The second-order valence-electron chi connectivity index (χ2n) is 6.47. The number of nitrogens with zero attached hydrogens (tertiary/aromatic N) is 5. The Kier molecular flexibility index (Phi) is 5.86. The number of aromatic nitrogens is 3. The molecule has 3 aromatic rings. The van der Waals surface area contributed by atoms with Crippen LogP contribution in [0.1, 0.15) is 11.6 Å². The van der Waals surface area contributed by atoms with E-state index in [2.05, 4.69) is 31.0 Å². The van der Waals surface area contributed by atoms with E-state index in [0.29, 0.717) is 17.2 Å². The van der Waals surface area contributed by atoms with Crippen LogP contribution in [-0.4, -0.2) is 51.9 Å². The number of hydrogen-bond acceptors (Lipinski definition) is 6. The molecule has 7 nitrogen and oxygen atoms in total. The number of rotatable bonds is 5. The maximum absolute atomic E-state index is 5.88. The molecule has 0 N–H and O–H groups in total. The standard InChI is InChI=1S/C19H20BrN5O2S/c1-14-22-24(13-23-8-10-26-11-9-23)19(28)25(14)21-12-17-6-7-18(27-17)15-2-4-16(20)5-3-15/h2-7,12H,8-11,13H2,1H3/b21-12+. The van der Waals surface area contributed by atoms with E-state index in [1.807, 2.05) is 43.3 Å². The van der Waals surface area contributed by atoms with Crippen LogP contribution in [0.15, 0.2) is 50.4 Å². The number of halogens is 1. The highest BCUT2D eigenvalue weighted by atomic mass is 79.9. The van der Waals surface area contributed by atoms with Crippen molar-refractivity contribution in [3.05, 3.63) is 57.2 Å². The molecular formula is C19H20BrN5O2S. The highest BCUT2D eigenvalue weighted by Gasteiger charge is 2.14. The minimum Gasteiger partial charge on any atom is -0.455 e. The van der Waals surface area contributed by atoms with Gasteiger partial charge in [0.25, 0.3) is 0 Å².